The minimum atomic E-state index is 0.774. The summed E-state index contributed by atoms with van der Waals surface area (Å²) < 4.78 is 0.977. The van der Waals surface area contributed by atoms with E-state index in [4.69, 9.17) is 0 Å². The van der Waals surface area contributed by atoms with Gasteiger partial charge in [-0.2, -0.15) is 0 Å². The number of anilines is 1. The predicted molar refractivity (Wildman–Crippen MR) is 77.6 cm³/mol. The van der Waals surface area contributed by atoms with E-state index in [-0.39, 0.29) is 0 Å². The zero-order valence-corrected chi connectivity index (χ0v) is 11.2. The normalized spacial score (nSPS) is 10.7. The zero-order chi connectivity index (χ0) is 12.4. The van der Waals surface area contributed by atoms with Crippen molar-refractivity contribution < 1.29 is 0 Å². The maximum Gasteiger partial charge on any atom is 0.0540 e. The lowest BCUT2D eigenvalue weighted by Gasteiger charge is -2.07. The average Bonchev–Trinajstić information content (AvgIpc) is 2.85. The molecule has 90 valence electrons. The number of aromatic amines is 1. The van der Waals surface area contributed by atoms with Gasteiger partial charge in [0.15, 0.2) is 0 Å². The van der Waals surface area contributed by atoms with E-state index in [0.717, 1.165) is 16.7 Å². The molecule has 3 nitrogen and oxygen atoms in total. The highest BCUT2D eigenvalue weighted by Crippen LogP contribution is 2.19. The molecule has 2 N–H and O–H groups in total. The monoisotopic (exact) mass is 301 g/mol. The number of hydrogen-bond acceptors (Lipinski definition) is 2. The maximum absolute atomic E-state index is 4.13. The third-order valence-corrected chi connectivity index (χ3v) is 3.30. The number of nitrogens with one attached hydrogen (secondary N) is 2. The molecule has 0 amide bonds. The lowest BCUT2D eigenvalue weighted by Crippen LogP contribution is -2.00. The zero-order valence-electron chi connectivity index (χ0n) is 9.65. The van der Waals surface area contributed by atoms with Crippen molar-refractivity contribution in [1.82, 2.24) is 9.97 Å². The minimum Gasteiger partial charge on any atom is -0.380 e. The van der Waals surface area contributed by atoms with Crippen LogP contribution in [0.5, 0.6) is 0 Å². The van der Waals surface area contributed by atoms with Crippen molar-refractivity contribution in [3.8, 4) is 0 Å². The highest BCUT2D eigenvalue weighted by atomic mass is 79.9. The molecular weight excluding hydrogens is 290 g/mol. The Hall–Kier alpha value is -1.81. The molecule has 0 bridgehead atoms. The molecule has 0 spiro atoms. The third-order valence-electron chi connectivity index (χ3n) is 2.86. The number of nitrogens with zero attached hydrogens (tertiary/aromatic N) is 1. The third kappa shape index (κ3) is 2.24. The van der Waals surface area contributed by atoms with Crippen LogP contribution < -0.4 is 5.32 Å². The Morgan fingerprint density at radius 3 is 3.06 bits per heavy atom. The van der Waals surface area contributed by atoms with Gasteiger partial charge in [0.1, 0.15) is 0 Å². The molecule has 0 aliphatic carbocycles. The molecule has 0 saturated carbocycles. The van der Waals surface area contributed by atoms with Crippen molar-refractivity contribution in [3.05, 3.63) is 59.0 Å². The first kappa shape index (κ1) is 11.3. The molecule has 0 unspecified atom stereocenters. The van der Waals surface area contributed by atoms with Crippen LogP contribution in [0.15, 0.2) is 53.4 Å². The summed E-state index contributed by atoms with van der Waals surface area (Å²) in [5, 5.41) is 4.61. The van der Waals surface area contributed by atoms with Gasteiger partial charge in [0.25, 0.3) is 0 Å². The van der Waals surface area contributed by atoms with E-state index in [2.05, 4.69) is 55.5 Å². The summed E-state index contributed by atoms with van der Waals surface area (Å²) >= 11 is 3.41. The van der Waals surface area contributed by atoms with E-state index in [1.165, 1.54) is 16.5 Å². The molecule has 0 aliphatic heterocycles. The van der Waals surface area contributed by atoms with Crippen LogP contribution in [-0.2, 0) is 6.54 Å². The number of fused-ring (bicyclic) bond motifs is 1. The number of H-pyrrole nitrogens is 1. The van der Waals surface area contributed by atoms with Gasteiger partial charge in [-0.05, 0) is 39.0 Å². The second-order valence-corrected chi connectivity index (χ2v) is 5.02. The minimum absolute atomic E-state index is 0.774. The highest BCUT2D eigenvalue weighted by Gasteiger charge is 2.01. The van der Waals surface area contributed by atoms with Gasteiger partial charge in [-0.25, -0.2) is 0 Å². The molecule has 0 fully saturated rings. The van der Waals surface area contributed by atoms with Crippen molar-refractivity contribution in [2.24, 2.45) is 0 Å². The molecule has 2 aromatic heterocycles. The fourth-order valence-electron chi connectivity index (χ4n) is 2.00. The summed E-state index contributed by atoms with van der Waals surface area (Å²) in [5.41, 5.74) is 3.44. The van der Waals surface area contributed by atoms with Gasteiger partial charge in [0.2, 0.25) is 0 Å². The van der Waals surface area contributed by atoms with Gasteiger partial charge in [0, 0.05) is 23.4 Å². The van der Waals surface area contributed by atoms with E-state index < -0.39 is 0 Å². The number of para-hydroxylation sites is 1. The fourth-order valence-corrected chi connectivity index (χ4v) is 2.37. The predicted octanol–water partition coefficient (Wildman–Crippen LogP) is 3.94. The lowest BCUT2D eigenvalue weighted by atomic mass is 10.1. The van der Waals surface area contributed by atoms with Gasteiger partial charge in [-0.15, -0.1) is 0 Å². The Labute approximate surface area is 113 Å². The molecule has 3 rings (SSSR count). The molecule has 1 aromatic carbocycles. The molecule has 0 aliphatic rings. The van der Waals surface area contributed by atoms with E-state index in [9.17, 15) is 0 Å². The van der Waals surface area contributed by atoms with E-state index >= 15 is 0 Å². The van der Waals surface area contributed by atoms with Gasteiger partial charge in [0.05, 0.1) is 17.4 Å². The smallest absolute Gasteiger partial charge is 0.0540 e. The van der Waals surface area contributed by atoms with Crippen LogP contribution in [0, 0.1) is 0 Å². The molecule has 18 heavy (non-hydrogen) atoms. The van der Waals surface area contributed by atoms with Crippen molar-refractivity contribution in [2.75, 3.05) is 5.32 Å². The van der Waals surface area contributed by atoms with Crippen LogP contribution in [0.2, 0.25) is 0 Å². The Morgan fingerprint density at radius 1 is 1.22 bits per heavy atom. The Bertz CT molecular complexity index is 675. The summed E-state index contributed by atoms with van der Waals surface area (Å²) in [4.78, 5) is 7.40. The van der Waals surface area contributed by atoms with Gasteiger partial charge < -0.3 is 10.3 Å². The molecule has 4 heteroatoms. The summed E-state index contributed by atoms with van der Waals surface area (Å²) in [5.74, 6) is 0. The van der Waals surface area contributed by atoms with Crippen molar-refractivity contribution in [2.45, 2.75) is 6.54 Å². The van der Waals surface area contributed by atoms with Crippen LogP contribution in [0.25, 0.3) is 10.9 Å². The molecular formula is C14H12BrN3. The first-order chi connectivity index (χ1) is 8.83. The number of halogens is 1. The highest BCUT2D eigenvalue weighted by molar-refractivity contribution is 9.10. The second kappa shape index (κ2) is 4.82. The van der Waals surface area contributed by atoms with Crippen LogP contribution >= 0.6 is 15.9 Å². The summed E-state index contributed by atoms with van der Waals surface area (Å²) in [6, 6.07) is 10.4. The van der Waals surface area contributed by atoms with Crippen LogP contribution in [0.3, 0.4) is 0 Å². The topological polar surface area (TPSA) is 40.7 Å². The molecule has 0 radical (unpaired) electrons. The summed E-state index contributed by atoms with van der Waals surface area (Å²) in [6.07, 6.45) is 5.56. The molecule has 3 aromatic rings. The number of pyridine rings is 1. The number of hydrogen-bond donors (Lipinski definition) is 2. The van der Waals surface area contributed by atoms with Gasteiger partial charge in [-0.3, -0.25) is 4.98 Å². The number of aromatic nitrogens is 2. The van der Waals surface area contributed by atoms with E-state index in [1.54, 1.807) is 6.20 Å². The van der Waals surface area contributed by atoms with E-state index in [0.29, 0.717) is 0 Å². The fraction of sp³-hybridized carbons (Fsp3) is 0.0714. The lowest BCUT2D eigenvalue weighted by molar-refractivity contribution is 1.14. The first-order valence-electron chi connectivity index (χ1n) is 5.72. The number of benzene rings is 1. The van der Waals surface area contributed by atoms with Crippen LogP contribution in [0.4, 0.5) is 5.69 Å². The van der Waals surface area contributed by atoms with Gasteiger partial charge in [-0.1, -0.05) is 18.2 Å². The van der Waals surface area contributed by atoms with Crippen LogP contribution in [0.1, 0.15) is 5.56 Å². The molecule has 0 saturated heterocycles. The van der Waals surface area contributed by atoms with Gasteiger partial charge >= 0.3 is 0 Å². The maximum atomic E-state index is 4.13. The molecule has 2 heterocycles. The van der Waals surface area contributed by atoms with Crippen molar-refractivity contribution in [3.63, 3.8) is 0 Å². The summed E-state index contributed by atoms with van der Waals surface area (Å²) in [7, 11) is 0. The first-order valence-corrected chi connectivity index (χ1v) is 6.51. The average molecular weight is 302 g/mol. The Morgan fingerprint density at radius 2 is 2.17 bits per heavy atom. The Kier molecular flexibility index (Phi) is 3.02. The van der Waals surface area contributed by atoms with Crippen molar-refractivity contribution in [1.29, 1.82) is 0 Å². The van der Waals surface area contributed by atoms with E-state index in [1.807, 2.05) is 18.5 Å². The Balaban J connectivity index is 1.83. The second-order valence-electron chi connectivity index (χ2n) is 4.10. The van der Waals surface area contributed by atoms with Crippen molar-refractivity contribution >= 4 is 32.5 Å². The largest absolute Gasteiger partial charge is 0.380 e. The summed E-state index contributed by atoms with van der Waals surface area (Å²) in [6.45, 7) is 0.774. The number of rotatable bonds is 3. The quantitative estimate of drug-likeness (QED) is 0.769. The SMILES string of the molecule is Brc1cncc(NCc2cccc3cc[nH]c23)c1. The molecule has 0 atom stereocenters. The van der Waals surface area contributed by atoms with Crippen LogP contribution in [-0.4, -0.2) is 9.97 Å². The standard InChI is InChI=1S/C14H12BrN3/c15-12-6-13(9-16-8-12)18-7-11-3-1-2-10-4-5-17-14(10)11/h1-6,8-9,17-18H,7H2.